The number of halogens is 3. The Labute approximate surface area is 182 Å². The first-order chi connectivity index (χ1) is 12.3. The Hall–Kier alpha value is -1.03. The van der Waals surface area contributed by atoms with Gasteiger partial charge >= 0.3 is 0 Å². The Morgan fingerprint density at radius 1 is 1.27 bits per heavy atom. The van der Waals surface area contributed by atoms with Gasteiger partial charge in [-0.25, -0.2) is 0 Å². The second kappa shape index (κ2) is 8.33. The lowest BCUT2D eigenvalue weighted by molar-refractivity contribution is -0.121. The third-order valence-electron chi connectivity index (χ3n) is 3.60. The predicted octanol–water partition coefficient (Wildman–Crippen LogP) is 5.95. The van der Waals surface area contributed by atoms with E-state index in [0.29, 0.717) is 16.5 Å². The van der Waals surface area contributed by atoms with Crippen molar-refractivity contribution in [2.75, 3.05) is 7.05 Å². The summed E-state index contributed by atoms with van der Waals surface area (Å²) in [7, 11) is 1.48. The maximum atomic E-state index is 12.0. The first-order valence-corrected chi connectivity index (χ1v) is 10.5. The molecule has 0 saturated carbocycles. The zero-order valence-corrected chi connectivity index (χ0v) is 18.8. The Morgan fingerprint density at radius 3 is 2.54 bits per heavy atom. The lowest BCUT2D eigenvalue weighted by Crippen LogP contribution is -2.22. The van der Waals surface area contributed by atoms with Gasteiger partial charge in [-0.1, -0.05) is 23.7 Å². The van der Waals surface area contributed by atoms with Gasteiger partial charge in [0.25, 0.3) is 11.1 Å². The van der Waals surface area contributed by atoms with Gasteiger partial charge in [-0.3, -0.25) is 14.5 Å². The second-order valence-electron chi connectivity index (χ2n) is 5.47. The largest absolute Gasteiger partial charge is 0.487 e. The van der Waals surface area contributed by atoms with Crippen LogP contribution in [0.2, 0.25) is 5.02 Å². The number of hydrogen-bond donors (Lipinski definition) is 0. The molecule has 26 heavy (non-hydrogen) atoms. The van der Waals surface area contributed by atoms with Crippen LogP contribution in [0.1, 0.15) is 11.1 Å². The summed E-state index contributed by atoms with van der Waals surface area (Å²) in [6.45, 7) is 0.417. The van der Waals surface area contributed by atoms with Crippen LogP contribution in [-0.2, 0) is 11.4 Å². The quantitative estimate of drug-likeness (QED) is 0.340. The summed E-state index contributed by atoms with van der Waals surface area (Å²) in [6.07, 6.45) is 1.71. The fraction of sp³-hybridized carbons (Fsp3) is 0.111. The highest BCUT2D eigenvalue weighted by Gasteiger charge is 2.31. The predicted molar refractivity (Wildman–Crippen MR) is 116 cm³/mol. The molecule has 1 fully saturated rings. The van der Waals surface area contributed by atoms with Crippen LogP contribution in [0.3, 0.4) is 0 Å². The summed E-state index contributed by atoms with van der Waals surface area (Å²) in [4.78, 5) is 25.1. The van der Waals surface area contributed by atoms with Crippen LogP contribution in [0.5, 0.6) is 5.75 Å². The van der Waals surface area contributed by atoms with Gasteiger partial charge in [0.15, 0.2) is 0 Å². The molecule has 0 spiro atoms. The summed E-state index contributed by atoms with van der Waals surface area (Å²) >= 11 is 12.5. The van der Waals surface area contributed by atoms with Crippen LogP contribution >= 0.6 is 61.9 Å². The average Bonchev–Trinajstić information content (AvgIpc) is 2.83. The Bertz CT molecular complexity index is 894. The fourth-order valence-corrected chi connectivity index (χ4v) is 4.96. The molecule has 2 aromatic rings. The van der Waals surface area contributed by atoms with Gasteiger partial charge in [-0.2, -0.15) is 0 Å². The molecule has 1 aliphatic rings. The van der Waals surface area contributed by atoms with E-state index in [1.807, 2.05) is 36.4 Å². The lowest BCUT2D eigenvalue weighted by Gasteiger charge is -2.12. The molecule has 8 heteroatoms. The normalized spacial score (nSPS) is 15.8. The van der Waals surface area contributed by atoms with Gasteiger partial charge in [-0.05, 0) is 91.8 Å². The molecular weight excluding hydrogens is 553 g/mol. The molecule has 0 aliphatic carbocycles. The van der Waals surface area contributed by atoms with E-state index < -0.39 is 0 Å². The topological polar surface area (TPSA) is 46.6 Å². The van der Waals surface area contributed by atoms with Crippen molar-refractivity contribution in [1.29, 1.82) is 0 Å². The van der Waals surface area contributed by atoms with Crippen LogP contribution < -0.4 is 4.74 Å². The molecule has 134 valence electrons. The number of nitrogens with zero attached hydrogens (tertiary/aromatic N) is 1. The summed E-state index contributed by atoms with van der Waals surface area (Å²) < 4.78 is 7.60. The van der Waals surface area contributed by atoms with Gasteiger partial charge in [-0.15, -0.1) is 0 Å². The number of rotatable bonds is 4. The van der Waals surface area contributed by atoms with Crippen molar-refractivity contribution in [2.24, 2.45) is 0 Å². The van der Waals surface area contributed by atoms with Crippen LogP contribution in [0.4, 0.5) is 4.79 Å². The number of imide groups is 1. The SMILES string of the molecule is CN1C(=O)S/C(=C\c2cc(Br)c(OCc3ccc(Cl)cc3)c(I)c2)C1=O. The minimum Gasteiger partial charge on any atom is -0.487 e. The fourth-order valence-electron chi connectivity index (χ4n) is 2.23. The second-order valence-corrected chi connectivity index (χ2v) is 8.92. The molecule has 1 saturated heterocycles. The number of carbonyl (C=O) groups is 2. The molecule has 0 bridgehead atoms. The van der Waals surface area contributed by atoms with Gasteiger partial charge in [0, 0.05) is 12.1 Å². The molecule has 0 N–H and O–H groups in total. The Balaban J connectivity index is 1.79. The summed E-state index contributed by atoms with van der Waals surface area (Å²) in [5.41, 5.74) is 1.83. The highest BCUT2D eigenvalue weighted by Crippen LogP contribution is 2.36. The molecule has 1 heterocycles. The summed E-state index contributed by atoms with van der Waals surface area (Å²) in [6, 6.07) is 11.3. The maximum absolute atomic E-state index is 12.0. The van der Waals surface area contributed by atoms with E-state index in [-0.39, 0.29) is 11.1 Å². The summed E-state index contributed by atoms with van der Waals surface area (Å²) in [5, 5.41) is 0.420. The average molecular weight is 565 g/mol. The first-order valence-electron chi connectivity index (χ1n) is 7.43. The number of amides is 2. The Kier molecular flexibility index (Phi) is 6.32. The van der Waals surface area contributed by atoms with Gasteiger partial charge in [0.2, 0.25) is 0 Å². The monoisotopic (exact) mass is 563 g/mol. The molecule has 1 aliphatic heterocycles. The molecule has 0 radical (unpaired) electrons. The van der Waals surface area contributed by atoms with Crippen molar-refractivity contribution in [3.8, 4) is 5.75 Å². The number of hydrogen-bond acceptors (Lipinski definition) is 4. The molecule has 0 unspecified atom stereocenters. The number of ether oxygens (including phenoxy) is 1. The van der Waals surface area contributed by atoms with Crippen LogP contribution in [0.15, 0.2) is 45.8 Å². The zero-order chi connectivity index (χ0) is 18.8. The van der Waals surface area contributed by atoms with Gasteiger partial charge in [0.1, 0.15) is 12.4 Å². The van der Waals surface area contributed by atoms with E-state index in [4.69, 9.17) is 16.3 Å². The minimum atomic E-state index is -0.283. The Morgan fingerprint density at radius 2 is 1.96 bits per heavy atom. The van der Waals surface area contributed by atoms with Crippen molar-refractivity contribution in [3.63, 3.8) is 0 Å². The van der Waals surface area contributed by atoms with Gasteiger partial charge < -0.3 is 4.74 Å². The van der Waals surface area contributed by atoms with E-state index in [1.54, 1.807) is 6.08 Å². The van der Waals surface area contributed by atoms with E-state index >= 15 is 0 Å². The molecule has 0 atom stereocenters. The van der Waals surface area contributed by atoms with E-state index in [1.165, 1.54) is 7.05 Å². The minimum absolute atomic E-state index is 0.266. The highest BCUT2D eigenvalue weighted by atomic mass is 127. The summed E-state index contributed by atoms with van der Waals surface area (Å²) in [5.74, 6) is 0.440. The molecule has 2 amide bonds. The number of benzene rings is 2. The van der Waals surface area contributed by atoms with Crippen LogP contribution in [-0.4, -0.2) is 23.1 Å². The third kappa shape index (κ3) is 4.44. The van der Waals surface area contributed by atoms with E-state index in [2.05, 4.69) is 38.5 Å². The molecule has 4 nitrogen and oxygen atoms in total. The molecular formula is C18H12BrClINO3S. The number of carbonyl (C=O) groups excluding carboxylic acids is 2. The molecule has 2 aromatic carbocycles. The first kappa shape index (κ1) is 19.7. The lowest BCUT2D eigenvalue weighted by atomic mass is 10.2. The van der Waals surface area contributed by atoms with Crippen molar-refractivity contribution in [3.05, 3.63) is 65.5 Å². The molecule has 0 aromatic heterocycles. The smallest absolute Gasteiger partial charge is 0.293 e. The van der Waals surface area contributed by atoms with Crippen molar-refractivity contribution >= 4 is 79.1 Å². The highest BCUT2D eigenvalue weighted by molar-refractivity contribution is 14.1. The van der Waals surface area contributed by atoms with E-state index in [9.17, 15) is 9.59 Å². The number of likely N-dealkylation sites (N-methyl/N-ethyl adjacent to an activating group) is 1. The third-order valence-corrected chi connectivity index (χ3v) is 6.20. The van der Waals surface area contributed by atoms with E-state index in [0.717, 1.165) is 41.6 Å². The number of thioether (sulfide) groups is 1. The molecule has 3 rings (SSSR count). The van der Waals surface area contributed by atoms with Crippen molar-refractivity contribution in [1.82, 2.24) is 4.90 Å². The zero-order valence-electron chi connectivity index (χ0n) is 13.5. The maximum Gasteiger partial charge on any atom is 0.293 e. The van der Waals surface area contributed by atoms with Crippen molar-refractivity contribution < 1.29 is 14.3 Å². The standard InChI is InChI=1S/C18H12BrClINO3S/c1-22-17(23)15(26-18(22)24)8-11-6-13(19)16(14(21)7-11)25-9-10-2-4-12(20)5-3-10/h2-8H,9H2,1H3/b15-8-. The van der Waals surface area contributed by atoms with Crippen molar-refractivity contribution in [2.45, 2.75) is 6.61 Å². The van der Waals surface area contributed by atoms with Crippen LogP contribution in [0, 0.1) is 3.57 Å². The van der Waals surface area contributed by atoms with Gasteiger partial charge in [0.05, 0.1) is 12.9 Å². The van der Waals surface area contributed by atoms with Crippen LogP contribution in [0.25, 0.3) is 6.08 Å².